The Kier molecular flexibility index (Phi) is 6.57. The molecule has 3 unspecified atom stereocenters. The molecule has 1 saturated heterocycles. The van der Waals surface area contributed by atoms with Crippen molar-refractivity contribution < 1.29 is 19.8 Å². The number of hydrogen-bond donors (Lipinski definition) is 2. The maximum Gasteiger partial charge on any atom is 0.353 e. The highest BCUT2D eigenvalue weighted by Crippen LogP contribution is 2.52. The van der Waals surface area contributed by atoms with Gasteiger partial charge in [-0.25, -0.2) is 4.79 Å². The highest BCUT2D eigenvalue weighted by atomic mass is 32.2. The molecule has 0 aliphatic carbocycles. The van der Waals surface area contributed by atoms with Crippen LogP contribution in [0.25, 0.3) is 0 Å². The van der Waals surface area contributed by atoms with E-state index in [0.29, 0.717) is 23.6 Å². The molecule has 2 N–H and O–H groups in total. The fourth-order valence-electron chi connectivity index (χ4n) is 4.05. The average molecular weight is 417 g/mol. The molecule has 1 amide bonds. The van der Waals surface area contributed by atoms with Gasteiger partial charge in [0.2, 0.25) is 5.91 Å². The SMILES string of the molecule is C[C@@H](O)C1C(=O)N2C(C(=O)O)=C(SCc3cccnc3)C(CCN(C)CC#N)C12. The molecule has 2 aliphatic heterocycles. The summed E-state index contributed by atoms with van der Waals surface area (Å²) in [6, 6.07) is 5.48. The van der Waals surface area contributed by atoms with Crippen molar-refractivity contribution in [3.05, 3.63) is 40.7 Å². The number of pyridine rings is 1. The van der Waals surface area contributed by atoms with Crippen LogP contribution in [0.15, 0.2) is 35.1 Å². The van der Waals surface area contributed by atoms with E-state index >= 15 is 0 Å². The number of carboxylic acid groups (broad SMARTS) is 1. The maximum absolute atomic E-state index is 12.6. The van der Waals surface area contributed by atoms with Crippen LogP contribution in [0.2, 0.25) is 0 Å². The van der Waals surface area contributed by atoms with E-state index in [0.717, 1.165) is 5.56 Å². The fourth-order valence-corrected chi connectivity index (χ4v) is 5.34. The van der Waals surface area contributed by atoms with E-state index in [-0.39, 0.29) is 30.1 Å². The second-order valence-corrected chi connectivity index (χ2v) is 8.44. The lowest BCUT2D eigenvalue weighted by Gasteiger charge is -2.47. The second-order valence-electron chi connectivity index (χ2n) is 7.42. The Balaban J connectivity index is 1.89. The number of carboxylic acids is 1. The first-order valence-corrected chi connectivity index (χ1v) is 10.4. The van der Waals surface area contributed by atoms with E-state index in [1.807, 2.05) is 24.1 Å². The number of carbonyl (C=O) groups excluding carboxylic acids is 1. The van der Waals surface area contributed by atoms with Crippen LogP contribution in [0.4, 0.5) is 0 Å². The molecule has 0 aromatic carbocycles. The number of carbonyl (C=O) groups is 2. The van der Waals surface area contributed by atoms with Gasteiger partial charge in [0.25, 0.3) is 0 Å². The number of thioether (sulfide) groups is 1. The van der Waals surface area contributed by atoms with E-state index in [9.17, 15) is 19.8 Å². The van der Waals surface area contributed by atoms with Crippen LogP contribution in [0.3, 0.4) is 0 Å². The number of β-lactam (4-membered cyclic amide) rings is 1. The molecule has 154 valence electrons. The molecule has 0 saturated carbocycles. The number of aliphatic hydroxyl groups is 1. The Labute approximate surface area is 173 Å². The third kappa shape index (κ3) is 4.15. The van der Waals surface area contributed by atoms with Gasteiger partial charge in [-0.05, 0) is 38.6 Å². The number of fused-ring (bicyclic) bond motifs is 1. The number of aliphatic hydroxyl groups excluding tert-OH is 1. The van der Waals surface area contributed by atoms with Crippen LogP contribution in [0, 0.1) is 23.2 Å². The summed E-state index contributed by atoms with van der Waals surface area (Å²) < 4.78 is 0. The predicted molar refractivity (Wildman–Crippen MR) is 107 cm³/mol. The minimum atomic E-state index is -1.13. The van der Waals surface area contributed by atoms with Gasteiger partial charge in [-0.15, -0.1) is 11.8 Å². The number of hydrogen-bond acceptors (Lipinski definition) is 7. The van der Waals surface area contributed by atoms with Crippen molar-refractivity contribution in [2.24, 2.45) is 11.8 Å². The van der Waals surface area contributed by atoms with Crippen molar-refractivity contribution in [2.75, 3.05) is 20.1 Å². The molecule has 2 aliphatic rings. The lowest BCUT2D eigenvalue weighted by atomic mass is 9.77. The average Bonchev–Trinajstić information content (AvgIpc) is 2.95. The number of nitrogens with zero attached hydrogens (tertiary/aromatic N) is 4. The summed E-state index contributed by atoms with van der Waals surface area (Å²) in [6.07, 6.45) is 3.16. The van der Waals surface area contributed by atoms with Crippen LogP contribution in [0.5, 0.6) is 0 Å². The predicted octanol–water partition coefficient (Wildman–Crippen LogP) is 1.29. The molecule has 1 aromatic heterocycles. The zero-order chi connectivity index (χ0) is 21.1. The zero-order valence-corrected chi connectivity index (χ0v) is 17.2. The Bertz CT molecular complexity index is 852. The van der Waals surface area contributed by atoms with Crippen LogP contribution in [0.1, 0.15) is 18.9 Å². The van der Waals surface area contributed by atoms with Gasteiger partial charge in [0, 0.05) is 29.0 Å². The van der Waals surface area contributed by atoms with Gasteiger partial charge in [-0.2, -0.15) is 5.26 Å². The van der Waals surface area contributed by atoms with Crippen molar-refractivity contribution in [1.82, 2.24) is 14.8 Å². The first-order chi connectivity index (χ1) is 13.9. The van der Waals surface area contributed by atoms with Gasteiger partial charge < -0.3 is 15.1 Å². The molecule has 1 aromatic rings. The first kappa shape index (κ1) is 21.3. The monoisotopic (exact) mass is 416 g/mol. The van der Waals surface area contributed by atoms with Crippen molar-refractivity contribution in [3.8, 4) is 6.07 Å². The zero-order valence-electron chi connectivity index (χ0n) is 16.4. The van der Waals surface area contributed by atoms with Gasteiger partial charge in [0.15, 0.2) is 0 Å². The number of nitriles is 1. The summed E-state index contributed by atoms with van der Waals surface area (Å²) in [6.45, 7) is 2.43. The Morgan fingerprint density at radius 1 is 1.52 bits per heavy atom. The molecule has 29 heavy (non-hydrogen) atoms. The van der Waals surface area contributed by atoms with Crippen molar-refractivity contribution in [1.29, 1.82) is 5.26 Å². The van der Waals surface area contributed by atoms with Crippen LogP contribution in [-0.2, 0) is 15.3 Å². The standard InChI is InChI=1S/C20H24N4O4S/c1-12(25)15-16-14(5-8-23(2)9-6-21)18(17(20(27)28)24(16)19(15)26)29-11-13-4-3-7-22-10-13/h3-4,7,10,12,14-16,25H,5,8-9,11H2,1-2H3,(H,27,28)/t12-,14?,15?,16?/m1/s1. The summed E-state index contributed by atoms with van der Waals surface area (Å²) >= 11 is 1.41. The van der Waals surface area contributed by atoms with E-state index in [1.54, 1.807) is 19.3 Å². The molecular weight excluding hydrogens is 392 g/mol. The topological polar surface area (TPSA) is 118 Å². The lowest BCUT2D eigenvalue weighted by Crippen LogP contribution is -2.64. The smallest absolute Gasteiger partial charge is 0.353 e. The van der Waals surface area contributed by atoms with E-state index < -0.39 is 18.0 Å². The molecule has 9 heteroatoms. The van der Waals surface area contributed by atoms with Crippen molar-refractivity contribution >= 4 is 23.6 Å². The lowest BCUT2D eigenvalue weighted by molar-refractivity contribution is -0.163. The van der Waals surface area contributed by atoms with Crippen molar-refractivity contribution in [2.45, 2.75) is 31.2 Å². The fraction of sp³-hybridized carbons (Fsp3) is 0.500. The molecule has 8 nitrogen and oxygen atoms in total. The summed E-state index contributed by atoms with van der Waals surface area (Å²) in [5.74, 6) is -1.73. The third-order valence-electron chi connectivity index (χ3n) is 5.41. The highest BCUT2D eigenvalue weighted by Gasteiger charge is 2.60. The molecule has 0 radical (unpaired) electrons. The molecule has 3 rings (SSSR count). The molecule has 4 atom stereocenters. The molecule has 3 heterocycles. The quantitative estimate of drug-likeness (QED) is 0.457. The number of aromatic nitrogens is 1. The normalized spacial score (nSPS) is 24.3. The maximum atomic E-state index is 12.6. The Morgan fingerprint density at radius 3 is 2.86 bits per heavy atom. The van der Waals surface area contributed by atoms with Gasteiger partial charge in [0.05, 0.1) is 30.7 Å². The minimum absolute atomic E-state index is 0.0266. The number of amides is 1. The van der Waals surface area contributed by atoms with E-state index in [4.69, 9.17) is 5.26 Å². The third-order valence-corrected chi connectivity index (χ3v) is 6.70. The number of rotatable bonds is 9. The summed E-state index contributed by atoms with van der Waals surface area (Å²) in [7, 11) is 1.83. The molecule has 1 fully saturated rings. The van der Waals surface area contributed by atoms with Gasteiger partial charge >= 0.3 is 5.97 Å². The first-order valence-electron chi connectivity index (χ1n) is 9.42. The summed E-state index contributed by atoms with van der Waals surface area (Å²) in [4.78, 5) is 32.6. The largest absolute Gasteiger partial charge is 0.477 e. The van der Waals surface area contributed by atoms with Crippen LogP contribution in [-0.4, -0.2) is 69.2 Å². The molecule has 0 bridgehead atoms. The molecular formula is C20H24N4O4S. The summed E-state index contributed by atoms with van der Waals surface area (Å²) in [5, 5.41) is 28.8. The Hall–Kier alpha value is -2.41. The number of aliphatic carboxylic acids is 1. The van der Waals surface area contributed by atoms with E-state index in [2.05, 4.69) is 11.1 Å². The summed E-state index contributed by atoms with van der Waals surface area (Å²) in [5.41, 5.74) is 0.987. The van der Waals surface area contributed by atoms with Gasteiger partial charge in [-0.3, -0.25) is 14.7 Å². The van der Waals surface area contributed by atoms with Crippen LogP contribution >= 0.6 is 11.8 Å². The van der Waals surface area contributed by atoms with Crippen molar-refractivity contribution in [3.63, 3.8) is 0 Å². The second kappa shape index (κ2) is 8.95. The molecule has 0 spiro atoms. The Morgan fingerprint density at radius 2 is 2.28 bits per heavy atom. The van der Waals surface area contributed by atoms with E-state index in [1.165, 1.54) is 16.7 Å². The highest BCUT2D eigenvalue weighted by molar-refractivity contribution is 8.02. The van der Waals surface area contributed by atoms with Crippen LogP contribution < -0.4 is 0 Å². The van der Waals surface area contributed by atoms with Gasteiger partial charge in [0.1, 0.15) is 5.70 Å². The minimum Gasteiger partial charge on any atom is -0.477 e. The van der Waals surface area contributed by atoms with Gasteiger partial charge in [-0.1, -0.05) is 6.07 Å².